The molecule has 2 atom stereocenters. The first-order valence-corrected chi connectivity index (χ1v) is 11.3. The van der Waals surface area contributed by atoms with Crippen molar-refractivity contribution < 1.29 is 23.8 Å². The molecule has 0 amide bonds. The van der Waals surface area contributed by atoms with E-state index < -0.39 is 6.04 Å². The van der Waals surface area contributed by atoms with Crippen molar-refractivity contribution in [3.8, 4) is 0 Å². The zero-order chi connectivity index (χ0) is 22.7. The van der Waals surface area contributed by atoms with Crippen LogP contribution in [-0.4, -0.2) is 38.2 Å². The number of hydrogen-bond acceptors (Lipinski definition) is 6. The molecule has 1 aromatic rings. The first-order chi connectivity index (χ1) is 14.6. The molecule has 2 N–H and O–H groups in total. The van der Waals surface area contributed by atoms with Gasteiger partial charge in [0.1, 0.15) is 19.0 Å². The molecule has 0 radical (unpaired) electrons. The number of benzene rings is 1. The summed E-state index contributed by atoms with van der Waals surface area (Å²) in [6.45, 7) is 9.25. The molecule has 3 aliphatic rings. The maximum absolute atomic E-state index is 12.0. The van der Waals surface area contributed by atoms with E-state index in [1.54, 1.807) is 0 Å². The van der Waals surface area contributed by atoms with Crippen LogP contribution < -0.4 is 5.73 Å². The van der Waals surface area contributed by atoms with E-state index in [9.17, 15) is 9.59 Å². The zero-order valence-corrected chi connectivity index (χ0v) is 19.3. The second kappa shape index (κ2) is 9.39. The largest absolute Gasteiger partial charge is 0.460 e. The Balaban J connectivity index is 1.48. The lowest BCUT2D eigenvalue weighted by molar-refractivity contribution is -0.195. The van der Waals surface area contributed by atoms with Gasteiger partial charge in [-0.25, -0.2) is 4.79 Å². The van der Waals surface area contributed by atoms with E-state index in [-0.39, 0.29) is 35.1 Å². The third kappa shape index (κ3) is 5.54. The maximum Gasteiger partial charge on any atom is 0.332 e. The van der Waals surface area contributed by atoms with Gasteiger partial charge in [-0.3, -0.25) is 0 Å². The second-order valence-electron chi connectivity index (χ2n) is 10.4. The number of carbonyl (C=O) groups is 2. The van der Waals surface area contributed by atoms with Crippen molar-refractivity contribution in [1.29, 1.82) is 0 Å². The number of hydrogen-bond donors (Lipinski definition) is 1. The van der Waals surface area contributed by atoms with Gasteiger partial charge in [-0.1, -0.05) is 45.0 Å². The van der Waals surface area contributed by atoms with Crippen LogP contribution in [0.2, 0.25) is 0 Å². The summed E-state index contributed by atoms with van der Waals surface area (Å²) in [6, 6.07) is 7.34. The topological polar surface area (TPSA) is 87.9 Å². The minimum atomic E-state index is -0.599. The molecule has 2 unspecified atom stereocenters. The van der Waals surface area contributed by atoms with Crippen molar-refractivity contribution in [2.75, 3.05) is 19.8 Å². The van der Waals surface area contributed by atoms with E-state index in [0.29, 0.717) is 13.2 Å². The number of fused-ring (bicyclic) bond motifs is 3. The predicted octanol–water partition coefficient (Wildman–Crippen LogP) is 4.06. The third-order valence-corrected chi connectivity index (χ3v) is 7.24. The molecule has 1 aromatic carbocycles. The molecule has 6 heteroatoms. The van der Waals surface area contributed by atoms with Crippen LogP contribution in [0.4, 0.5) is 0 Å². The fourth-order valence-corrected chi connectivity index (χ4v) is 4.42. The van der Waals surface area contributed by atoms with Crippen molar-refractivity contribution in [1.82, 2.24) is 0 Å². The van der Waals surface area contributed by atoms with Gasteiger partial charge in [0.15, 0.2) is 0 Å². The summed E-state index contributed by atoms with van der Waals surface area (Å²) in [7, 11) is 0. The Morgan fingerprint density at radius 1 is 1.26 bits per heavy atom. The van der Waals surface area contributed by atoms with Gasteiger partial charge >= 0.3 is 5.97 Å². The Morgan fingerprint density at radius 3 is 2.55 bits per heavy atom. The Bertz CT molecular complexity index is 760. The molecule has 6 nitrogen and oxygen atoms in total. The number of nitrogens with two attached hydrogens (primary N) is 1. The number of ether oxygens (including phenoxy) is 3. The van der Waals surface area contributed by atoms with Crippen molar-refractivity contribution in [2.45, 2.75) is 77.5 Å². The van der Waals surface area contributed by atoms with Crippen LogP contribution in [0.5, 0.6) is 0 Å². The van der Waals surface area contributed by atoms with Gasteiger partial charge in [-0.05, 0) is 61.0 Å². The van der Waals surface area contributed by atoms with Gasteiger partial charge in [0, 0.05) is 6.61 Å². The van der Waals surface area contributed by atoms with Crippen LogP contribution in [0.1, 0.15) is 77.0 Å². The first-order valence-electron chi connectivity index (χ1n) is 11.3. The summed E-state index contributed by atoms with van der Waals surface area (Å²) in [5, 5.41) is 0. The van der Waals surface area contributed by atoms with Crippen LogP contribution in [-0.2, 0) is 29.4 Å². The molecule has 0 aromatic heterocycles. The molecular weight excluding hydrogens is 394 g/mol. The minimum absolute atomic E-state index is 0.00885. The Labute approximate surface area is 185 Å². The molecule has 1 saturated carbocycles. The average Bonchev–Trinajstić information content (AvgIpc) is 2.77. The highest BCUT2D eigenvalue weighted by Crippen LogP contribution is 2.55. The molecule has 3 fully saturated rings. The normalized spacial score (nSPS) is 27.5. The molecule has 4 rings (SSSR count). The van der Waals surface area contributed by atoms with Crippen LogP contribution in [0.25, 0.3) is 0 Å². The summed E-state index contributed by atoms with van der Waals surface area (Å²) in [6.07, 6.45) is 5.50. The lowest BCUT2D eigenvalue weighted by Gasteiger charge is -2.53. The zero-order valence-electron chi connectivity index (χ0n) is 19.3. The SMILES string of the molecule is CC(OC(=O)COCCC12CCC(c3cccc(C(N)C=O)c3)(CC1)OC2)C(C)(C)C. The second-order valence-corrected chi connectivity index (χ2v) is 10.4. The lowest BCUT2D eigenvalue weighted by Crippen LogP contribution is -2.49. The van der Waals surface area contributed by atoms with E-state index in [0.717, 1.165) is 49.5 Å². The van der Waals surface area contributed by atoms with Gasteiger partial charge in [0.25, 0.3) is 0 Å². The summed E-state index contributed by atoms with van der Waals surface area (Å²) >= 11 is 0. The molecule has 31 heavy (non-hydrogen) atoms. The highest BCUT2D eigenvalue weighted by molar-refractivity contribution is 5.70. The molecule has 172 valence electrons. The van der Waals surface area contributed by atoms with E-state index >= 15 is 0 Å². The summed E-state index contributed by atoms with van der Waals surface area (Å²) < 4.78 is 17.5. The maximum atomic E-state index is 12.0. The molecular formula is C25H37NO5. The van der Waals surface area contributed by atoms with E-state index in [1.165, 1.54) is 0 Å². The molecule has 2 bridgehead atoms. The average molecular weight is 432 g/mol. The van der Waals surface area contributed by atoms with Crippen LogP contribution >= 0.6 is 0 Å². The van der Waals surface area contributed by atoms with E-state index in [2.05, 4.69) is 6.07 Å². The van der Waals surface area contributed by atoms with Crippen molar-refractivity contribution in [3.05, 3.63) is 35.4 Å². The predicted molar refractivity (Wildman–Crippen MR) is 118 cm³/mol. The standard InChI is InChI=1S/C25H37NO5/c1-18(23(2,3)4)31-22(28)16-29-13-12-24-8-10-25(11-9-24,30-17-24)20-7-5-6-19(14-20)21(26)15-27/h5-7,14-15,18,21H,8-13,16-17,26H2,1-4H3. The minimum Gasteiger partial charge on any atom is -0.460 e. The Hall–Kier alpha value is -1.76. The highest BCUT2D eigenvalue weighted by atomic mass is 16.6. The van der Waals surface area contributed by atoms with E-state index in [4.69, 9.17) is 19.9 Å². The number of esters is 1. The third-order valence-electron chi connectivity index (χ3n) is 7.24. The summed E-state index contributed by atoms with van der Waals surface area (Å²) in [5.41, 5.74) is 7.58. The van der Waals surface area contributed by atoms with Crippen molar-refractivity contribution >= 4 is 12.3 Å². The van der Waals surface area contributed by atoms with Gasteiger partial charge < -0.3 is 24.7 Å². The summed E-state index contributed by atoms with van der Waals surface area (Å²) in [4.78, 5) is 23.1. The first kappa shape index (κ1) is 23.9. The van der Waals surface area contributed by atoms with Crippen molar-refractivity contribution in [3.63, 3.8) is 0 Å². The fourth-order valence-electron chi connectivity index (χ4n) is 4.42. The highest BCUT2D eigenvalue weighted by Gasteiger charge is 2.50. The smallest absolute Gasteiger partial charge is 0.332 e. The molecule has 2 saturated heterocycles. The fraction of sp³-hybridized carbons (Fsp3) is 0.680. The van der Waals surface area contributed by atoms with Crippen LogP contribution in [0.15, 0.2) is 24.3 Å². The number of carbonyl (C=O) groups excluding carboxylic acids is 2. The monoisotopic (exact) mass is 431 g/mol. The van der Waals surface area contributed by atoms with Crippen molar-refractivity contribution in [2.24, 2.45) is 16.6 Å². The Kier molecular flexibility index (Phi) is 7.24. The molecule has 1 aliphatic carbocycles. The van der Waals surface area contributed by atoms with Gasteiger partial charge in [-0.2, -0.15) is 0 Å². The number of rotatable bonds is 9. The van der Waals surface area contributed by atoms with Crippen LogP contribution in [0.3, 0.4) is 0 Å². The summed E-state index contributed by atoms with van der Waals surface area (Å²) in [5.74, 6) is -0.309. The quantitative estimate of drug-likeness (QED) is 0.360. The number of aldehydes is 1. The van der Waals surface area contributed by atoms with Gasteiger partial charge in [-0.15, -0.1) is 0 Å². The van der Waals surface area contributed by atoms with Gasteiger partial charge in [0.2, 0.25) is 0 Å². The van der Waals surface area contributed by atoms with E-state index in [1.807, 2.05) is 45.9 Å². The molecule has 2 aliphatic heterocycles. The molecule has 2 heterocycles. The Morgan fingerprint density at radius 2 is 1.97 bits per heavy atom. The van der Waals surface area contributed by atoms with Gasteiger partial charge in [0.05, 0.1) is 18.2 Å². The molecule has 0 spiro atoms. The lowest BCUT2D eigenvalue weighted by atomic mass is 9.63. The van der Waals surface area contributed by atoms with Crippen LogP contribution in [0, 0.1) is 10.8 Å².